The van der Waals surface area contributed by atoms with Crippen LogP contribution in [-0.2, 0) is 0 Å². The normalized spacial score (nSPS) is 10.3. The number of benzene rings is 1. The van der Waals surface area contributed by atoms with E-state index >= 15 is 0 Å². The zero-order valence-electron chi connectivity index (χ0n) is 9.85. The third-order valence-electron chi connectivity index (χ3n) is 2.43. The molecular weight excluding hydrogens is 289 g/mol. The first-order valence-electron chi connectivity index (χ1n) is 5.31. The molecule has 0 unspecified atom stereocenters. The van der Waals surface area contributed by atoms with Crippen LogP contribution in [0.2, 0.25) is 10.2 Å². The van der Waals surface area contributed by atoms with Crippen molar-refractivity contribution in [3.63, 3.8) is 0 Å². The van der Waals surface area contributed by atoms with Crippen LogP contribution in [-0.4, -0.2) is 9.91 Å². The molecule has 0 spiro atoms. The predicted octanol–water partition coefficient (Wildman–Crippen LogP) is 4.35. The fourth-order valence-corrected chi connectivity index (χ4v) is 1.85. The third kappa shape index (κ3) is 3.33. The number of anilines is 2. The van der Waals surface area contributed by atoms with E-state index in [-0.39, 0.29) is 10.8 Å². The van der Waals surface area contributed by atoms with Gasteiger partial charge in [0.05, 0.1) is 17.1 Å². The smallest absolute Gasteiger partial charge is 0.276 e. The van der Waals surface area contributed by atoms with E-state index in [0.717, 1.165) is 5.56 Å². The van der Waals surface area contributed by atoms with E-state index in [1.54, 1.807) is 12.1 Å². The van der Waals surface area contributed by atoms with Gasteiger partial charge in [-0.15, -0.1) is 0 Å². The average Bonchev–Trinajstić information content (AvgIpc) is 2.33. The van der Waals surface area contributed by atoms with Crippen LogP contribution in [0.1, 0.15) is 5.56 Å². The lowest BCUT2D eigenvalue weighted by Crippen LogP contribution is -1.96. The van der Waals surface area contributed by atoms with Crippen LogP contribution in [0.5, 0.6) is 0 Å². The van der Waals surface area contributed by atoms with Crippen LogP contribution in [0.3, 0.4) is 0 Å². The van der Waals surface area contributed by atoms with Crippen LogP contribution in [0.15, 0.2) is 30.3 Å². The molecular formula is C12H9Cl2N3O2. The fraction of sp³-hybridized carbons (Fsp3) is 0.0833. The summed E-state index contributed by atoms with van der Waals surface area (Å²) in [6, 6.07) is 7.85. The predicted molar refractivity (Wildman–Crippen MR) is 75.4 cm³/mol. The Morgan fingerprint density at radius 2 is 2.00 bits per heavy atom. The van der Waals surface area contributed by atoms with Gasteiger partial charge in [0.1, 0.15) is 11.0 Å². The Kier molecular flexibility index (Phi) is 3.87. The topological polar surface area (TPSA) is 68.1 Å². The zero-order chi connectivity index (χ0) is 14.0. The van der Waals surface area contributed by atoms with E-state index in [2.05, 4.69) is 10.3 Å². The SMILES string of the molecule is Cc1ccc(Nc2cc([N+](=O)[O-])cc(Cl)n2)cc1Cl. The maximum absolute atomic E-state index is 10.7. The van der Waals surface area contributed by atoms with Gasteiger partial charge in [-0.3, -0.25) is 10.1 Å². The Morgan fingerprint density at radius 1 is 1.26 bits per heavy atom. The summed E-state index contributed by atoms with van der Waals surface area (Å²) in [5.41, 5.74) is 1.50. The summed E-state index contributed by atoms with van der Waals surface area (Å²) < 4.78 is 0. The van der Waals surface area contributed by atoms with Crippen LogP contribution in [0, 0.1) is 17.0 Å². The van der Waals surface area contributed by atoms with Gasteiger partial charge in [0, 0.05) is 10.7 Å². The summed E-state index contributed by atoms with van der Waals surface area (Å²) >= 11 is 11.7. The zero-order valence-corrected chi connectivity index (χ0v) is 11.4. The molecule has 1 heterocycles. The number of aryl methyl sites for hydroxylation is 1. The Balaban J connectivity index is 2.32. The molecule has 1 aromatic heterocycles. The van der Waals surface area contributed by atoms with Crippen molar-refractivity contribution >= 4 is 40.4 Å². The number of aromatic nitrogens is 1. The molecule has 19 heavy (non-hydrogen) atoms. The minimum Gasteiger partial charge on any atom is -0.340 e. The summed E-state index contributed by atoms with van der Waals surface area (Å²) in [7, 11) is 0. The van der Waals surface area contributed by atoms with E-state index in [9.17, 15) is 10.1 Å². The van der Waals surface area contributed by atoms with Crippen molar-refractivity contribution in [2.75, 3.05) is 5.32 Å². The molecule has 0 fully saturated rings. The van der Waals surface area contributed by atoms with Gasteiger partial charge in [-0.05, 0) is 24.6 Å². The quantitative estimate of drug-likeness (QED) is 0.519. The van der Waals surface area contributed by atoms with Gasteiger partial charge >= 0.3 is 0 Å². The minimum absolute atomic E-state index is 0.0508. The molecule has 0 radical (unpaired) electrons. The first-order valence-corrected chi connectivity index (χ1v) is 6.06. The summed E-state index contributed by atoms with van der Waals surface area (Å²) in [5, 5.41) is 14.3. The second-order valence-electron chi connectivity index (χ2n) is 3.88. The van der Waals surface area contributed by atoms with Gasteiger partial charge in [-0.2, -0.15) is 0 Å². The van der Waals surface area contributed by atoms with E-state index in [1.165, 1.54) is 12.1 Å². The Labute approximate surface area is 119 Å². The number of nitrogens with one attached hydrogen (secondary N) is 1. The molecule has 0 saturated heterocycles. The lowest BCUT2D eigenvalue weighted by molar-refractivity contribution is -0.384. The molecule has 0 bridgehead atoms. The molecule has 0 amide bonds. The number of nitrogens with zero attached hydrogens (tertiary/aromatic N) is 2. The van der Waals surface area contributed by atoms with Crippen LogP contribution in [0.4, 0.5) is 17.2 Å². The summed E-state index contributed by atoms with van der Waals surface area (Å²) in [5.74, 6) is 0.291. The maximum atomic E-state index is 10.7. The lowest BCUT2D eigenvalue weighted by Gasteiger charge is -2.07. The van der Waals surface area contributed by atoms with Gasteiger partial charge < -0.3 is 5.32 Å². The number of halogens is 2. The third-order valence-corrected chi connectivity index (χ3v) is 3.03. The number of hydrogen-bond acceptors (Lipinski definition) is 4. The molecule has 0 aliphatic carbocycles. The molecule has 0 atom stereocenters. The molecule has 1 aromatic carbocycles. The van der Waals surface area contributed by atoms with Gasteiger partial charge in [-0.1, -0.05) is 29.3 Å². The van der Waals surface area contributed by atoms with Gasteiger partial charge in [0.15, 0.2) is 0 Å². The van der Waals surface area contributed by atoms with Crippen molar-refractivity contribution in [1.29, 1.82) is 0 Å². The Morgan fingerprint density at radius 3 is 2.63 bits per heavy atom. The summed E-state index contributed by atoms with van der Waals surface area (Å²) in [6.07, 6.45) is 0. The average molecular weight is 298 g/mol. The molecule has 7 heteroatoms. The summed E-state index contributed by atoms with van der Waals surface area (Å²) in [6.45, 7) is 1.88. The minimum atomic E-state index is -0.527. The molecule has 0 aliphatic rings. The van der Waals surface area contributed by atoms with Crippen molar-refractivity contribution in [2.24, 2.45) is 0 Å². The Hall–Kier alpha value is -1.85. The molecule has 98 valence electrons. The van der Waals surface area contributed by atoms with Gasteiger partial charge in [0.25, 0.3) is 5.69 Å². The largest absolute Gasteiger partial charge is 0.340 e. The molecule has 5 nitrogen and oxygen atoms in total. The molecule has 0 aliphatic heterocycles. The van der Waals surface area contributed by atoms with Crippen LogP contribution >= 0.6 is 23.2 Å². The van der Waals surface area contributed by atoms with E-state index < -0.39 is 4.92 Å². The molecule has 2 aromatic rings. The number of pyridine rings is 1. The highest BCUT2D eigenvalue weighted by Crippen LogP contribution is 2.25. The summed E-state index contributed by atoms with van der Waals surface area (Å²) in [4.78, 5) is 14.2. The second-order valence-corrected chi connectivity index (χ2v) is 4.67. The second kappa shape index (κ2) is 5.42. The lowest BCUT2D eigenvalue weighted by atomic mass is 10.2. The first kappa shape index (κ1) is 13.6. The number of rotatable bonds is 3. The van der Waals surface area contributed by atoms with E-state index in [1.807, 2.05) is 13.0 Å². The van der Waals surface area contributed by atoms with Gasteiger partial charge in [0.2, 0.25) is 0 Å². The highest BCUT2D eigenvalue weighted by Gasteiger charge is 2.10. The van der Waals surface area contributed by atoms with E-state index in [0.29, 0.717) is 16.5 Å². The van der Waals surface area contributed by atoms with E-state index in [4.69, 9.17) is 23.2 Å². The maximum Gasteiger partial charge on any atom is 0.276 e. The Bertz CT molecular complexity index is 647. The highest BCUT2D eigenvalue weighted by atomic mass is 35.5. The number of nitro groups is 1. The monoisotopic (exact) mass is 297 g/mol. The number of hydrogen-bond donors (Lipinski definition) is 1. The van der Waals surface area contributed by atoms with Crippen LogP contribution in [0.25, 0.3) is 0 Å². The van der Waals surface area contributed by atoms with Crippen molar-refractivity contribution in [3.8, 4) is 0 Å². The van der Waals surface area contributed by atoms with Crippen LogP contribution < -0.4 is 5.32 Å². The molecule has 0 saturated carbocycles. The molecule has 1 N–H and O–H groups in total. The standard InChI is InChI=1S/C12H9Cl2N3O2/c1-7-2-3-8(4-10(7)13)15-12-6-9(17(18)19)5-11(14)16-12/h2-6H,1H3,(H,15,16). The van der Waals surface area contributed by atoms with Crippen molar-refractivity contribution in [1.82, 2.24) is 4.98 Å². The highest BCUT2D eigenvalue weighted by molar-refractivity contribution is 6.31. The first-order chi connectivity index (χ1) is 8.95. The van der Waals surface area contributed by atoms with Crippen molar-refractivity contribution < 1.29 is 4.92 Å². The van der Waals surface area contributed by atoms with Gasteiger partial charge in [-0.25, -0.2) is 4.98 Å². The van der Waals surface area contributed by atoms with Crippen molar-refractivity contribution in [2.45, 2.75) is 6.92 Å². The van der Waals surface area contributed by atoms with Crippen molar-refractivity contribution in [3.05, 3.63) is 56.2 Å². The molecule has 2 rings (SSSR count). The fourth-order valence-electron chi connectivity index (χ4n) is 1.47.